The van der Waals surface area contributed by atoms with Crippen molar-refractivity contribution in [3.05, 3.63) is 0 Å². The van der Waals surface area contributed by atoms with E-state index in [1.54, 1.807) is 0 Å². The van der Waals surface area contributed by atoms with Gasteiger partial charge in [0.05, 0.1) is 0 Å². The van der Waals surface area contributed by atoms with Crippen LogP contribution in [-0.2, 0) is 0 Å². The van der Waals surface area contributed by atoms with E-state index in [1.807, 2.05) is 0 Å². The zero-order valence-electron chi connectivity index (χ0n) is 4.94. The summed E-state index contributed by atoms with van der Waals surface area (Å²) in [7, 11) is 0. The first-order valence-electron chi connectivity index (χ1n) is 0.970. The van der Waals surface area contributed by atoms with Crippen molar-refractivity contribution in [1.29, 1.82) is 0 Å². The Morgan fingerprint density at radius 1 is 0.778 bits per heavy atom. The second kappa shape index (κ2) is 3.87. The second-order valence-corrected chi connectivity index (χ2v) is 6.96. The van der Waals surface area contributed by atoms with E-state index in [2.05, 4.69) is 0 Å². The van der Waals surface area contributed by atoms with Gasteiger partial charge in [-0.3, -0.25) is 0 Å². The number of hydrogen-bond acceptors (Lipinski definition) is 6. The summed E-state index contributed by atoms with van der Waals surface area (Å²) in [6.45, 7) is 0. The molecule has 0 aromatic rings. The summed E-state index contributed by atoms with van der Waals surface area (Å²) in [5.41, 5.74) is 0. The van der Waals surface area contributed by atoms with Crippen LogP contribution in [0.5, 0.6) is 0 Å². The van der Waals surface area contributed by atoms with Crippen molar-refractivity contribution < 1.29 is 142 Å². The van der Waals surface area contributed by atoms with Crippen LogP contribution >= 0.6 is 0 Å². The van der Waals surface area contributed by atoms with E-state index < -0.39 is 18.2 Å². The molecule has 0 spiro atoms. The Balaban J connectivity index is -0.000000180. The van der Waals surface area contributed by atoms with Gasteiger partial charge < -0.3 is 0 Å². The summed E-state index contributed by atoms with van der Waals surface area (Å²) >= 11 is -8.87. The van der Waals surface area contributed by atoms with Crippen molar-refractivity contribution in [3.63, 3.8) is 0 Å². The van der Waals surface area contributed by atoms with Gasteiger partial charge in [0, 0.05) is 0 Å². The molecule has 0 unspecified atom stereocenters. The van der Waals surface area contributed by atoms with E-state index in [0.29, 0.717) is 0 Å². The Hall–Kier alpha value is 3.76. The van der Waals surface area contributed by atoms with Gasteiger partial charge >= 0.3 is 142 Å². The van der Waals surface area contributed by atoms with Gasteiger partial charge in [0.1, 0.15) is 0 Å². The second-order valence-electron chi connectivity index (χ2n) is 1.04. The van der Waals surface area contributed by atoms with Crippen molar-refractivity contribution in [2.24, 2.45) is 0 Å². The van der Waals surface area contributed by atoms with E-state index in [-0.39, 0.29) is 103 Å². The van der Waals surface area contributed by atoms with Crippen LogP contribution in [-0.4, -0.2) is 10.3 Å². The van der Waals surface area contributed by atoms with E-state index in [0.717, 1.165) is 0 Å². The third-order valence-corrected chi connectivity index (χ3v) is 0. The fourth-order valence-corrected chi connectivity index (χ4v) is 0. The zero-order valence-corrected chi connectivity index (χ0v) is 13.3. The van der Waals surface area contributed by atoms with Gasteiger partial charge in [0.25, 0.3) is 0 Å². The Labute approximate surface area is 137 Å². The summed E-state index contributed by atoms with van der Waals surface area (Å²) in [6.07, 6.45) is 0. The van der Waals surface area contributed by atoms with E-state index in [1.165, 1.54) is 0 Å². The zero-order chi connectivity index (χ0) is 6.41. The van der Waals surface area contributed by atoms with Gasteiger partial charge in [-0.05, 0) is 0 Å². The van der Waals surface area contributed by atoms with Gasteiger partial charge in [-0.2, -0.15) is 0 Å². The maximum atomic E-state index is 9.00. The van der Waals surface area contributed by atoms with Crippen molar-refractivity contribution in [2.45, 2.75) is 0 Å². The summed E-state index contributed by atoms with van der Waals surface area (Å²) in [5, 5.41) is 0. The Kier molecular flexibility index (Phi) is 7.97. The van der Waals surface area contributed by atoms with Crippen LogP contribution in [0.2, 0.25) is 0 Å². The molecule has 0 rings (SSSR count). The molecule has 0 radical (unpaired) electrons. The van der Waals surface area contributed by atoms with Gasteiger partial charge in [0.15, 0.2) is 0 Å². The molecule has 3 N–H and O–H groups in total. The molecule has 0 saturated carbocycles. The average molecular weight is 304 g/mol. The third kappa shape index (κ3) is 79.2. The SMILES string of the molecule is [K+].[K+].[O-][I+]([O-])([O-])(O)(O)O. The molecule has 0 bridgehead atoms. The molecule has 0 aliphatic carbocycles. The summed E-state index contributed by atoms with van der Waals surface area (Å²) in [6, 6.07) is 0. The Morgan fingerprint density at radius 3 is 0.778 bits per heavy atom. The molecule has 0 saturated heterocycles. The van der Waals surface area contributed by atoms with Gasteiger partial charge in [-0.25, -0.2) is 0 Å². The monoisotopic (exact) mass is 304 g/mol. The molecule has 0 aromatic heterocycles. The molecule has 6 nitrogen and oxygen atoms in total. The topological polar surface area (TPSA) is 130 Å². The predicted octanol–water partition coefficient (Wildman–Crippen LogP) is -14.2. The first-order chi connectivity index (χ1) is 2.45. The van der Waals surface area contributed by atoms with E-state index in [4.69, 9.17) is 20.6 Å². The molecule has 0 amide bonds. The summed E-state index contributed by atoms with van der Waals surface area (Å²) < 4.78 is 48.2. The average Bonchev–Trinajstić information content (AvgIpc) is 0.592. The maximum absolute atomic E-state index is 9.00. The molecule has 48 valence electrons. The molecule has 0 atom stereocenters. The van der Waals surface area contributed by atoms with Gasteiger partial charge in [-0.15, -0.1) is 0 Å². The van der Waals surface area contributed by atoms with Gasteiger partial charge in [-0.1, -0.05) is 0 Å². The van der Waals surface area contributed by atoms with Crippen LogP contribution in [0.3, 0.4) is 0 Å². The van der Waals surface area contributed by atoms with Gasteiger partial charge in [0.2, 0.25) is 0 Å². The first-order valence-corrected chi connectivity index (χ1v) is 6.51. The van der Waals surface area contributed by atoms with Crippen molar-refractivity contribution >= 4 is 0 Å². The first kappa shape index (κ1) is 18.5. The van der Waals surface area contributed by atoms with Crippen LogP contribution < -0.4 is 131 Å². The normalized spacial score (nSPS) is 18.0. The van der Waals surface area contributed by atoms with E-state index in [9.17, 15) is 0 Å². The van der Waals surface area contributed by atoms with Crippen LogP contribution in [0.1, 0.15) is 0 Å². The minimum absolute atomic E-state index is 0. The van der Waals surface area contributed by atoms with Crippen molar-refractivity contribution in [1.82, 2.24) is 0 Å². The van der Waals surface area contributed by atoms with E-state index >= 15 is 0 Å². The van der Waals surface area contributed by atoms with Crippen LogP contribution in [0.15, 0.2) is 0 Å². The molecule has 0 aliphatic heterocycles. The molecule has 0 aliphatic rings. The third-order valence-electron chi connectivity index (χ3n) is 0. The molecule has 0 heterocycles. The molecule has 9 heteroatoms. The molecule has 0 fully saturated rings. The van der Waals surface area contributed by atoms with Crippen molar-refractivity contribution in [3.8, 4) is 0 Å². The Bertz CT molecular complexity index is 69.6. The predicted molar refractivity (Wildman–Crippen MR) is 6.66 cm³/mol. The quantitative estimate of drug-likeness (QED) is 0.301. The Morgan fingerprint density at radius 2 is 0.778 bits per heavy atom. The summed E-state index contributed by atoms with van der Waals surface area (Å²) in [5.74, 6) is 0. The van der Waals surface area contributed by atoms with Crippen LogP contribution in [0.25, 0.3) is 0 Å². The fraction of sp³-hybridized carbons (Fsp3) is 0. The molecule has 9 heavy (non-hydrogen) atoms. The standard InChI is InChI=1S/H3IO6.2K/c2-1(3,4,5,6)7;;/h2-4H;;/q-2;2*+1. The summed E-state index contributed by atoms with van der Waals surface area (Å²) in [4.78, 5) is 0. The molecular formula is H3IK2O6. The molecule has 0 aromatic carbocycles. The fourth-order valence-electron chi connectivity index (χ4n) is 0. The van der Waals surface area contributed by atoms with Crippen LogP contribution in [0.4, 0.5) is 0 Å². The number of halogens is 1. The minimum atomic E-state index is -8.87. The number of hydrogen-bond donors (Lipinski definition) is 3. The van der Waals surface area contributed by atoms with Crippen molar-refractivity contribution in [2.75, 3.05) is 0 Å². The number of rotatable bonds is 0. The molecular weight excluding hydrogens is 301 g/mol. The van der Waals surface area contributed by atoms with Crippen LogP contribution in [0, 0.1) is 0 Å².